The number of furan rings is 2. The fourth-order valence-corrected chi connectivity index (χ4v) is 3.65. The van der Waals surface area contributed by atoms with Gasteiger partial charge in [-0.3, -0.25) is 14.4 Å². The molecule has 0 saturated heterocycles. The number of carbonyl (C=O) groups excluding carboxylic acids is 3. The molecule has 0 spiro atoms. The van der Waals surface area contributed by atoms with Gasteiger partial charge in [-0.25, -0.2) is 0 Å². The number of alkyl halides is 3. The van der Waals surface area contributed by atoms with Gasteiger partial charge in [-0.2, -0.15) is 13.2 Å². The molecule has 1 aromatic carbocycles. The highest BCUT2D eigenvalue weighted by Crippen LogP contribution is 2.37. The lowest BCUT2D eigenvalue weighted by Crippen LogP contribution is -2.17. The van der Waals surface area contributed by atoms with Crippen molar-refractivity contribution in [1.82, 2.24) is 0 Å². The third-order valence-electron chi connectivity index (χ3n) is 4.39. The van der Waals surface area contributed by atoms with E-state index in [1.54, 1.807) is 0 Å². The SMILES string of the molecule is O=C(Nc1ccc(NC(=O)c2ccc(NC(=O)c3ccco3)s2)c(C(F)(F)F)c1)c1ccco1. The molecular weight excluding hydrogens is 475 g/mol. The zero-order chi connectivity index (χ0) is 24.3. The highest BCUT2D eigenvalue weighted by atomic mass is 32.1. The van der Waals surface area contributed by atoms with Crippen LogP contribution in [0.15, 0.2) is 76.0 Å². The van der Waals surface area contributed by atoms with E-state index >= 15 is 0 Å². The Morgan fingerprint density at radius 1 is 0.765 bits per heavy atom. The van der Waals surface area contributed by atoms with Crippen molar-refractivity contribution in [2.24, 2.45) is 0 Å². The molecule has 0 bridgehead atoms. The van der Waals surface area contributed by atoms with Gasteiger partial charge in [0.15, 0.2) is 11.5 Å². The monoisotopic (exact) mass is 489 g/mol. The first-order valence-electron chi connectivity index (χ1n) is 9.53. The van der Waals surface area contributed by atoms with Crippen LogP contribution in [0.2, 0.25) is 0 Å². The molecule has 4 aromatic rings. The van der Waals surface area contributed by atoms with E-state index in [1.807, 2.05) is 0 Å². The molecule has 12 heteroatoms. The maximum absolute atomic E-state index is 13.6. The van der Waals surface area contributed by atoms with Crippen LogP contribution in [0.4, 0.5) is 29.5 Å². The summed E-state index contributed by atoms with van der Waals surface area (Å²) in [6.07, 6.45) is -2.23. The van der Waals surface area contributed by atoms with E-state index in [-0.39, 0.29) is 22.1 Å². The molecule has 0 unspecified atom stereocenters. The van der Waals surface area contributed by atoms with E-state index < -0.39 is 35.1 Å². The summed E-state index contributed by atoms with van der Waals surface area (Å²) in [7, 11) is 0. The van der Waals surface area contributed by atoms with Gasteiger partial charge in [0.05, 0.1) is 33.7 Å². The molecule has 0 aliphatic carbocycles. The summed E-state index contributed by atoms with van der Waals surface area (Å²) in [5, 5.41) is 7.37. The smallest absolute Gasteiger partial charge is 0.418 e. The summed E-state index contributed by atoms with van der Waals surface area (Å²) in [5.41, 5.74) is -1.78. The van der Waals surface area contributed by atoms with Gasteiger partial charge in [0.2, 0.25) is 0 Å². The van der Waals surface area contributed by atoms with Crippen LogP contribution in [0.5, 0.6) is 0 Å². The van der Waals surface area contributed by atoms with Crippen LogP contribution >= 0.6 is 11.3 Å². The van der Waals surface area contributed by atoms with E-state index in [0.717, 1.165) is 17.4 Å². The van der Waals surface area contributed by atoms with Crippen molar-refractivity contribution >= 4 is 45.4 Å². The average molecular weight is 489 g/mol. The zero-order valence-electron chi connectivity index (χ0n) is 16.9. The largest absolute Gasteiger partial charge is 0.459 e. The molecule has 174 valence electrons. The fourth-order valence-electron chi connectivity index (χ4n) is 2.86. The van der Waals surface area contributed by atoms with Crippen molar-refractivity contribution in [3.05, 3.63) is 89.1 Å². The number of amides is 3. The highest BCUT2D eigenvalue weighted by Gasteiger charge is 2.34. The van der Waals surface area contributed by atoms with E-state index in [1.165, 1.54) is 55.0 Å². The van der Waals surface area contributed by atoms with Crippen molar-refractivity contribution in [1.29, 1.82) is 0 Å². The molecule has 0 aliphatic rings. The van der Waals surface area contributed by atoms with Gasteiger partial charge >= 0.3 is 6.18 Å². The Kier molecular flexibility index (Phi) is 6.23. The standard InChI is InChI=1S/C22H14F3N3O5S/c23-22(24,25)13-11-12(26-19(29)15-3-1-9-32-15)5-6-14(13)27-21(31)17-7-8-18(34-17)28-20(30)16-4-2-10-33-16/h1-11H,(H,26,29)(H,27,31)(H,28,30). The number of thiophene rings is 1. The van der Waals surface area contributed by atoms with E-state index in [0.29, 0.717) is 11.1 Å². The lowest BCUT2D eigenvalue weighted by atomic mass is 10.1. The van der Waals surface area contributed by atoms with Gasteiger partial charge in [0.25, 0.3) is 17.7 Å². The number of halogens is 3. The Balaban J connectivity index is 1.49. The second kappa shape index (κ2) is 9.27. The van der Waals surface area contributed by atoms with Crippen LogP contribution in [0.25, 0.3) is 0 Å². The topological polar surface area (TPSA) is 114 Å². The van der Waals surface area contributed by atoms with Gasteiger partial charge in [0.1, 0.15) is 0 Å². The fraction of sp³-hybridized carbons (Fsp3) is 0.0455. The summed E-state index contributed by atoms with van der Waals surface area (Å²) in [5.74, 6) is -2.07. The first kappa shape index (κ1) is 22.9. The summed E-state index contributed by atoms with van der Waals surface area (Å²) in [6.45, 7) is 0. The number of hydrogen-bond acceptors (Lipinski definition) is 6. The zero-order valence-corrected chi connectivity index (χ0v) is 17.8. The average Bonchev–Trinajstić information content (AvgIpc) is 3.55. The van der Waals surface area contributed by atoms with Crippen molar-refractivity contribution in [3.8, 4) is 0 Å². The maximum Gasteiger partial charge on any atom is 0.418 e. The van der Waals surface area contributed by atoms with Gasteiger partial charge in [-0.05, 0) is 54.6 Å². The number of nitrogens with one attached hydrogen (secondary N) is 3. The molecule has 0 radical (unpaired) electrons. The van der Waals surface area contributed by atoms with Gasteiger partial charge in [-0.1, -0.05) is 0 Å². The quantitative estimate of drug-likeness (QED) is 0.321. The summed E-state index contributed by atoms with van der Waals surface area (Å²) in [4.78, 5) is 36.7. The Bertz CT molecular complexity index is 1330. The van der Waals surface area contributed by atoms with E-state index in [4.69, 9.17) is 8.83 Å². The molecule has 3 aromatic heterocycles. The number of benzene rings is 1. The van der Waals surface area contributed by atoms with Crippen molar-refractivity contribution in [3.63, 3.8) is 0 Å². The third-order valence-corrected chi connectivity index (χ3v) is 5.39. The number of rotatable bonds is 6. The van der Waals surface area contributed by atoms with Gasteiger partial charge in [-0.15, -0.1) is 11.3 Å². The minimum absolute atomic E-state index is 0.0634. The van der Waals surface area contributed by atoms with E-state index in [9.17, 15) is 27.6 Å². The van der Waals surface area contributed by atoms with Crippen molar-refractivity contribution in [2.75, 3.05) is 16.0 Å². The van der Waals surface area contributed by atoms with Crippen LogP contribution in [0.3, 0.4) is 0 Å². The molecule has 3 amide bonds. The minimum Gasteiger partial charge on any atom is -0.459 e. The van der Waals surface area contributed by atoms with Crippen molar-refractivity contribution < 1.29 is 36.4 Å². The molecule has 0 atom stereocenters. The third kappa shape index (κ3) is 5.18. The van der Waals surface area contributed by atoms with E-state index in [2.05, 4.69) is 16.0 Å². The van der Waals surface area contributed by atoms with Crippen LogP contribution in [-0.2, 0) is 6.18 Å². The molecule has 0 aliphatic heterocycles. The Labute approximate surface area is 193 Å². The van der Waals surface area contributed by atoms with Crippen LogP contribution < -0.4 is 16.0 Å². The number of carbonyl (C=O) groups is 3. The molecule has 8 nitrogen and oxygen atoms in total. The lowest BCUT2D eigenvalue weighted by molar-refractivity contribution is -0.136. The van der Waals surface area contributed by atoms with Crippen LogP contribution in [0.1, 0.15) is 36.3 Å². The first-order chi connectivity index (χ1) is 16.2. The molecule has 3 N–H and O–H groups in total. The number of hydrogen-bond donors (Lipinski definition) is 3. The predicted octanol–water partition coefficient (Wildman–Crippen LogP) is 5.71. The lowest BCUT2D eigenvalue weighted by Gasteiger charge is -2.15. The Morgan fingerprint density at radius 2 is 1.41 bits per heavy atom. The number of anilines is 3. The molecule has 34 heavy (non-hydrogen) atoms. The Morgan fingerprint density at radius 3 is 2.00 bits per heavy atom. The molecular formula is C22H14F3N3O5S. The first-order valence-corrected chi connectivity index (χ1v) is 10.3. The summed E-state index contributed by atoms with van der Waals surface area (Å²) >= 11 is 0.875. The summed E-state index contributed by atoms with van der Waals surface area (Å²) in [6, 6.07) is 11.6. The predicted molar refractivity (Wildman–Crippen MR) is 117 cm³/mol. The second-order valence-electron chi connectivity index (χ2n) is 6.74. The highest BCUT2D eigenvalue weighted by molar-refractivity contribution is 7.18. The normalized spacial score (nSPS) is 11.1. The summed E-state index contributed by atoms with van der Waals surface area (Å²) < 4.78 is 50.8. The Hall–Kier alpha value is -4.32. The maximum atomic E-state index is 13.6. The molecule has 0 saturated carbocycles. The van der Waals surface area contributed by atoms with Gasteiger partial charge in [0, 0.05) is 5.69 Å². The van der Waals surface area contributed by atoms with Crippen LogP contribution in [0, 0.1) is 0 Å². The minimum atomic E-state index is -4.81. The molecule has 4 rings (SSSR count). The molecule has 3 heterocycles. The molecule has 0 fully saturated rings. The van der Waals surface area contributed by atoms with Gasteiger partial charge < -0.3 is 24.8 Å². The van der Waals surface area contributed by atoms with Crippen molar-refractivity contribution in [2.45, 2.75) is 6.18 Å². The van der Waals surface area contributed by atoms with Crippen LogP contribution in [-0.4, -0.2) is 17.7 Å². The second-order valence-corrected chi connectivity index (χ2v) is 7.82.